The Morgan fingerprint density at radius 3 is 2.79 bits per heavy atom. The van der Waals surface area contributed by atoms with Gasteiger partial charge in [-0.2, -0.15) is 17.0 Å². The van der Waals surface area contributed by atoms with Crippen molar-refractivity contribution in [2.75, 3.05) is 61.1 Å². The number of thioether (sulfide) groups is 1. The fourth-order valence-corrected chi connectivity index (χ4v) is 6.98. The Hall–Kier alpha value is -3.69. The molecule has 0 atom stereocenters. The maximum absolute atomic E-state index is 13.4. The van der Waals surface area contributed by atoms with E-state index in [0.29, 0.717) is 67.5 Å². The van der Waals surface area contributed by atoms with Gasteiger partial charge in [0.25, 0.3) is 0 Å². The first-order chi connectivity index (χ1) is 20.4. The number of carbonyl (C=O) groups excluding carboxylic acids is 3. The summed E-state index contributed by atoms with van der Waals surface area (Å²) < 4.78 is 0. The molecule has 5 rings (SSSR count). The monoisotopic (exact) mass is 590 g/mol. The van der Waals surface area contributed by atoms with Gasteiger partial charge in [-0.25, -0.2) is 14.8 Å². The molecule has 0 unspecified atom stereocenters. The van der Waals surface area contributed by atoms with E-state index in [9.17, 15) is 19.6 Å². The molecule has 0 bridgehead atoms. The number of carbonyl (C=O) groups is 3. The molecule has 0 aromatic carbocycles. The number of rotatable bonds is 9. The average molecular weight is 591 g/mol. The standard InChI is InChI=1S/C30H38N8O3S/c1-36-11-12-37(28(40)19-36)18-22-14-21-6-5-10-38(29(21)34-26(22)20-39)30(41)35-27-15-25(23(16-31)17-33-27)32-9-13-42-24-7-3-2-4-8-24/h14-15,17,20,24H,2-13,18-19H2,1H3,(H2,32,33,35,41). The van der Waals surface area contributed by atoms with Crippen LogP contribution >= 0.6 is 11.8 Å². The van der Waals surface area contributed by atoms with Crippen molar-refractivity contribution in [1.29, 1.82) is 5.26 Å². The van der Waals surface area contributed by atoms with Crippen LogP contribution in [0.25, 0.3) is 0 Å². The number of nitrogens with one attached hydrogen (secondary N) is 2. The molecular weight excluding hydrogens is 552 g/mol. The lowest BCUT2D eigenvalue weighted by atomic mass is 10.0. The molecule has 0 radical (unpaired) electrons. The normalized spacial score (nSPS) is 17.9. The highest BCUT2D eigenvalue weighted by Gasteiger charge is 2.28. The van der Waals surface area contributed by atoms with E-state index in [1.54, 1.807) is 11.0 Å². The van der Waals surface area contributed by atoms with Gasteiger partial charge in [0, 0.05) is 61.6 Å². The summed E-state index contributed by atoms with van der Waals surface area (Å²) in [6, 6.07) is 5.36. The number of nitrogens with zero attached hydrogens (tertiary/aromatic N) is 6. The van der Waals surface area contributed by atoms with Gasteiger partial charge in [-0.3, -0.25) is 24.7 Å². The first kappa shape index (κ1) is 29.8. The second kappa shape index (κ2) is 14.0. The zero-order chi connectivity index (χ0) is 29.5. The number of piperazine rings is 1. The molecule has 1 saturated heterocycles. The van der Waals surface area contributed by atoms with Gasteiger partial charge in [0.1, 0.15) is 23.4 Å². The zero-order valence-corrected chi connectivity index (χ0v) is 24.9. The predicted octanol–water partition coefficient (Wildman–Crippen LogP) is 3.90. The number of amides is 3. The maximum Gasteiger partial charge on any atom is 0.328 e. The lowest BCUT2D eigenvalue weighted by Crippen LogP contribution is -2.48. The van der Waals surface area contributed by atoms with Gasteiger partial charge in [-0.15, -0.1) is 0 Å². The molecule has 4 heterocycles. The number of nitriles is 1. The third-order valence-corrected chi connectivity index (χ3v) is 9.47. The van der Waals surface area contributed by atoms with Crippen molar-refractivity contribution >= 4 is 47.3 Å². The molecule has 3 amide bonds. The Morgan fingerprint density at radius 1 is 1.19 bits per heavy atom. The highest BCUT2D eigenvalue weighted by molar-refractivity contribution is 7.99. The van der Waals surface area contributed by atoms with E-state index in [4.69, 9.17) is 0 Å². The smallest absolute Gasteiger partial charge is 0.328 e. The molecule has 3 aliphatic rings. The van der Waals surface area contributed by atoms with Crippen LogP contribution in [0.4, 0.5) is 22.1 Å². The van der Waals surface area contributed by atoms with Crippen molar-refractivity contribution in [1.82, 2.24) is 19.8 Å². The molecule has 2 aromatic heterocycles. The van der Waals surface area contributed by atoms with E-state index in [-0.39, 0.29) is 11.6 Å². The average Bonchev–Trinajstić information content (AvgIpc) is 3.00. The second-order valence-electron chi connectivity index (χ2n) is 11.2. The number of fused-ring (bicyclic) bond motifs is 1. The first-order valence-electron chi connectivity index (χ1n) is 14.7. The van der Waals surface area contributed by atoms with E-state index in [0.717, 1.165) is 36.0 Å². The molecule has 2 fully saturated rings. The van der Waals surface area contributed by atoms with Crippen LogP contribution in [0.1, 0.15) is 65.7 Å². The molecule has 0 spiro atoms. The molecule has 42 heavy (non-hydrogen) atoms. The summed E-state index contributed by atoms with van der Waals surface area (Å²) in [4.78, 5) is 52.0. The number of hydrogen-bond donors (Lipinski definition) is 2. The molecule has 2 aromatic rings. The highest BCUT2D eigenvalue weighted by atomic mass is 32.2. The number of pyridine rings is 2. The second-order valence-corrected chi connectivity index (χ2v) is 12.6. The SMILES string of the molecule is CN1CCN(Cc2cc3c(nc2C=O)N(C(=O)Nc2cc(NCCSC4CCCCC4)c(C#N)cn2)CCC3)C(=O)C1. The quantitative estimate of drug-likeness (QED) is 0.329. The van der Waals surface area contributed by atoms with E-state index in [1.165, 1.54) is 43.2 Å². The van der Waals surface area contributed by atoms with Gasteiger partial charge in [-0.05, 0) is 44.4 Å². The Labute approximate surface area is 251 Å². The zero-order valence-electron chi connectivity index (χ0n) is 24.1. The number of likely N-dealkylation sites (N-methyl/N-ethyl adjacent to an activating group) is 1. The van der Waals surface area contributed by atoms with Gasteiger partial charge in [-0.1, -0.05) is 19.3 Å². The van der Waals surface area contributed by atoms with Crippen LogP contribution in [0.15, 0.2) is 18.3 Å². The number of aldehydes is 1. The van der Waals surface area contributed by atoms with Crippen molar-refractivity contribution in [3.63, 3.8) is 0 Å². The number of hydrogen-bond acceptors (Lipinski definition) is 9. The largest absolute Gasteiger partial charge is 0.383 e. The van der Waals surface area contributed by atoms with Crippen LogP contribution in [-0.4, -0.2) is 88.8 Å². The minimum atomic E-state index is -0.404. The summed E-state index contributed by atoms with van der Waals surface area (Å²) in [6.45, 7) is 3.19. The fraction of sp³-hybridized carbons (Fsp3) is 0.533. The van der Waals surface area contributed by atoms with Crippen LogP contribution in [0.3, 0.4) is 0 Å². The van der Waals surface area contributed by atoms with Crippen molar-refractivity contribution in [3.05, 3.63) is 40.7 Å². The summed E-state index contributed by atoms with van der Waals surface area (Å²) in [5.74, 6) is 1.74. The van der Waals surface area contributed by atoms with Gasteiger partial charge in [0.2, 0.25) is 5.91 Å². The molecule has 12 heteroatoms. The topological polar surface area (TPSA) is 135 Å². The van der Waals surface area contributed by atoms with E-state index in [1.807, 2.05) is 29.8 Å². The first-order valence-corrected chi connectivity index (χ1v) is 15.8. The van der Waals surface area contributed by atoms with Crippen LogP contribution in [0.5, 0.6) is 0 Å². The number of aromatic nitrogens is 2. The molecule has 1 aliphatic carbocycles. The number of aryl methyl sites for hydroxylation is 1. The molecule has 2 aliphatic heterocycles. The predicted molar refractivity (Wildman–Crippen MR) is 164 cm³/mol. The third kappa shape index (κ3) is 7.20. The van der Waals surface area contributed by atoms with Crippen LogP contribution < -0.4 is 15.5 Å². The summed E-state index contributed by atoms with van der Waals surface area (Å²) in [7, 11) is 1.91. The van der Waals surface area contributed by atoms with E-state index in [2.05, 4.69) is 26.7 Å². The van der Waals surface area contributed by atoms with Gasteiger partial charge in [0.05, 0.1) is 17.8 Å². The van der Waals surface area contributed by atoms with Crippen LogP contribution in [0, 0.1) is 11.3 Å². The van der Waals surface area contributed by atoms with Gasteiger partial charge < -0.3 is 10.2 Å². The lowest BCUT2D eigenvalue weighted by Gasteiger charge is -2.33. The Morgan fingerprint density at radius 2 is 2.02 bits per heavy atom. The summed E-state index contributed by atoms with van der Waals surface area (Å²) in [5.41, 5.74) is 2.84. The number of anilines is 3. The van der Waals surface area contributed by atoms with Crippen LogP contribution in [0.2, 0.25) is 0 Å². The van der Waals surface area contributed by atoms with Crippen molar-refractivity contribution in [3.8, 4) is 6.07 Å². The molecule has 11 nitrogen and oxygen atoms in total. The Bertz CT molecular complexity index is 1360. The minimum Gasteiger partial charge on any atom is -0.383 e. The molecule has 2 N–H and O–H groups in total. The van der Waals surface area contributed by atoms with Gasteiger partial charge >= 0.3 is 6.03 Å². The third-order valence-electron chi connectivity index (χ3n) is 8.08. The summed E-state index contributed by atoms with van der Waals surface area (Å²) in [5, 5.41) is 16.5. The Balaban J connectivity index is 1.25. The highest BCUT2D eigenvalue weighted by Crippen LogP contribution is 2.30. The Kier molecular flexibility index (Phi) is 9.92. The molecule has 1 saturated carbocycles. The maximum atomic E-state index is 13.4. The van der Waals surface area contributed by atoms with Crippen LogP contribution in [-0.2, 0) is 17.8 Å². The van der Waals surface area contributed by atoms with Crippen molar-refractivity contribution in [2.45, 2.75) is 56.7 Å². The van der Waals surface area contributed by atoms with Gasteiger partial charge in [0.15, 0.2) is 6.29 Å². The minimum absolute atomic E-state index is 0.0195. The van der Waals surface area contributed by atoms with E-state index < -0.39 is 6.03 Å². The summed E-state index contributed by atoms with van der Waals surface area (Å²) in [6.07, 6.45) is 10.1. The molecular formula is C30H38N8O3S. The molecule has 222 valence electrons. The summed E-state index contributed by atoms with van der Waals surface area (Å²) >= 11 is 1.98. The fourth-order valence-electron chi connectivity index (χ4n) is 5.76. The van der Waals surface area contributed by atoms with Crippen molar-refractivity contribution in [2.24, 2.45) is 0 Å². The van der Waals surface area contributed by atoms with E-state index >= 15 is 0 Å². The number of urea groups is 1. The van der Waals surface area contributed by atoms with Crippen molar-refractivity contribution < 1.29 is 14.4 Å². The lowest BCUT2D eigenvalue weighted by molar-refractivity contribution is -0.136.